The van der Waals surface area contributed by atoms with Crippen molar-refractivity contribution in [1.29, 1.82) is 0 Å². The molecule has 9 heavy (non-hydrogen) atoms. The topological polar surface area (TPSA) is 26.9 Å². The maximum absolute atomic E-state index is 10.6. The Balaban J connectivity index is 3.17. The molecule has 1 aromatic rings. The molecule has 2 nitrogen and oxygen atoms in total. The van der Waals surface area contributed by atoms with Crippen LogP contribution in [0.25, 0.3) is 0 Å². The SMILES string of the molecule is Cc1cc(Cl)cc[n+]1[O-]. The number of pyridine rings is 1. The Bertz CT molecular complexity index is 224. The van der Waals surface area contributed by atoms with Crippen molar-refractivity contribution in [2.75, 3.05) is 0 Å². The molecule has 0 saturated carbocycles. The first kappa shape index (κ1) is 6.36. The highest BCUT2D eigenvalue weighted by Gasteiger charge is 1.96. The van der Waals surface area contributed by atoms with Gasteiger partial charge in [-0.2, -0.15) is 4.73 Å². The van der Waals surface area contributed by atoms with E-state index in [1.54, 1.807) is 19.1 Å². The molecule has 0 saturated heterocycles. The molecular formula is C6H6ClNO. The average molecular weight is 144 g/mol. The molecule has 0 N–H and O–H groups in total. The van der Waals surface area contributed by atoms with E-state index >= 15 is 0 Å². The van der Waals surface area contributed by atoms with E-state index in [9.17, 15) is 5.21 Å². The van der Waals surface area contributed by atoms with Gasteiger partial charge in [-0.1, -0.05) is 11.6 Å². The Morgan fingerprint density at radius 3 is 2.78 bits per heavy atom. The number of nitrogens with zero attached hydrogens (tertiary/aromatic N) is 1. The summed E-state index contributed by atoms with van der Waals surface area (Å²) in [5, 5.41) is 11.2. The van der Waals surface area contributed by atoms with Crippen LogP contribution in [0.3, 0.4) is 0 Å². The minimum atomic E-state index is 0.597. The van der Waals surface area contributed by atoms with E-state index < -0.39 is 0 Å². The predicted octanol–water partition coefficient (Wildman–Crippen LogP) is 1.28. The van der Waals surface area contributed by atoms with Crippen molar-refractivity contribution in [3.63, 3.8) is 0 Å². The third kappa shape index (κ3) is 1.33. The molecule has 0 bridgehead atoms. The van der Waals surface area contributed by atoms with E-state index in [2.05, 4.69) is 0 Å². The summed E-state index contributed by atoms with van der Waals surface area (Å²) in [6.45, 7) is 1.71. The van der Waals surface area contributed by atoms with Gasteiger partial charge in [0.15, 0.2) is 11.9 Å². The van der Waals surface area contributed by atoms with Gasteiger partial charge in [-0.05, 0) is 0 Å². The second-order valence-corrected chi connectivity index (χ2v) is 2.25. The lowest BCUT2D eigenvalue weighted by Crippen LogP contribution is -2.28. The summed E-state index contributed by atoms with van der Waals surface area (Å²) >= 11 is 5.56. The average Bonchev–Trinajstić information content (AvgIpc) is 1.80. The zero-order valence-electron chi connectivity index (χ0n) is 4.97. The molecule has 0 atom stereocenters. The second kappa shape index (κ2) is 2.23. The molecule has 0 aromatic carbocycles. The number of rotatable bonds is 0. The number of hydrogen-bond acceptors (Lipinski definition) is 1. The van der Waals surface area contributed by atoms with Crippen LogP contribution in [0.1, 0.15) is 5.69 Å². The molecule has 48 valence electrons. The molecule has 0 radical (unpaired) electrons. The first-order valence-electron chi connectivity index (χ1n) is 2.55. The Morgan fingerprint density at radius 2 is 2.33 bits per heavy atom. The fourth-order valence-electron chi connectivity index (χ4n) is 0.568. The van der Waals surface area contributed by atoms with E-state index in [0.717, 1.165) is 4.73 Å². The van der Waals surface area contributed by atoms with Gasteiger partial charge < -0.3 is 5.21 Å². The third-order valence-corrected chi connectivity index (χ3v) is 1.30. The summed E-state index contributed by atoms with van der Waals surface area (Å²) < 4.78 is 0.770. The summed E-state index contributed by atoms with van der Waals surface area (Å²) in [7, 11) is 0. The van der Waals surface area contributed by atoms with Gasteiger partial charge in [0.2, 0.25) is 0 Å². The standard InChI is InChI=1S/C6H6ClNO/c1-5-4-6(7)2-3-8(5)9/h2-4H,1H3. The Morgan fingerprint density at radius 1 is 1.67 bits per heavy atom. The van der Waals surface area contributed by atoms with E-state index in [-0.39, 0.29) is 0 Å². The van der Waals surface area contributed by atoms with Crippen molar-refractivity contribution >= 4 is 11.6 Å². The molecule has 0 amide bonds. The first-order chi connectivity index (χ1) is 4.20. The molecule has 0 spiro atoms. The van der Waals surface area contributed by atoms with Gasteiger partial charge in [-0.15, -0.1) is 0 Å². The predicted molar refractivity (Wildman–Crippen MR) is 35.1 cm³/mol. The van der Waals surface area contributed by atoms with Crippen LogP contribution >= 0.6 is 11.6 Å². The lowest BCUT2D eigenvalue weighted by atomic mass is 10.4. The lowest BCUT2D eigenvalue weighted by Gasteiger charge is -1.97. The zero-order valence-corrected chi connectivity index (χ0v) is 5.72. The minimum absolute atomic E-state index is 0.597. The van der Waals surface area contributed by atoms with Crippen molar-refractivity contribution in [2.45, 2.75) is 6.92 Å². The summed E-state index contributed by atoms with van der Waals surface area (Å²) in [6.07, 6.45) is 1.39. The fourth-order valence-corrected chi connectivity index (χ4v) is 0.782. The molecule has 1 rings (SSSR count). The van der Waals surface area contributed by atoms with Crippen LogP contribution < -0.4 is 4.73 Å². The maximum Gasteiger partial charge on any atom is 0.191 e. The van der Waals surface area contributed by atoms with Gasteiger partial charge >= 0.3 is 0 Å². The monoisotopic (exact) mass is 143 g/mol. The molecule has 1 heterocycles. The van der Waals surface area contributed by atoms with Crippen LogP contribution in [0.4, 0.5) is 0 Å². The molecule has 0 unspecified atom stereocenters. The normalized spacial score (nSPS) is 9.56. The quantitative estimate of drug-likeness (QED) is 0.397. The van der Waals surface area contributed by atoms with E-state index in [4.69, 9.17) is 11.6 Å². The molecule has 0 aliphatic carbocycles. The third-order valence-electron chi connectivity index (χ3n) is 1.06. The summed E-state index contributed by atoms with van der Waals surface area (Å²) in [5.41, 5.74) is 0.613. The minimum Gasteiger partial charge on any atom is -0.619 e. The number of hydrogen-bond donors (Lipinski definition) is 0. The smallest absolute Gasteiger partial charge is 0.191 e. The number of halogens is 1. The molecule has 0 aliphatic rings. The van der Waals surface area contributed by atoms with Crippen LogP contribution in [0.15, 0.2) is 18.3 Å². The van der Waals surface area contributed by atoms with Crippen molar-refractivity contribution in [1.82, 2.24) is 0 Å². The van der Waals surface area contributed by atoms with Gasteiger partial charge in [-0.3, -0.25) is 0 Å². The highest BCUT2D eigenvalue weighted by Crippen LogP contribution is 2.04. The van der Waals surface area contributed by atoms with E-state index in [0.29, 0.717) is 10.7 Å². The molecule has 3 heteroatoms. The Labute approximate surface area is 58.3 Å². The van der Waals surface area contributed by atoms with Gasteiger partial charge in [0.05, 0.1) is 5.02 Å². The molecular weight excluding hydrogens is 138 g/mol. The van der Waals surface area contributed by atoms with Crippen LogP contribution in [0.2, 0.25) is 5.02 Å². The van der Waals surface area contributed by atoms with Crippen molar-refractivity contribution in [3.8, 4) is 0 Å². The van der Waals surface area contributed by atoms with Gasteiger partial charge in [0, 0.05) is 19.1 Å². The Kier molecular flexibility index (Phi) is 1.58. The van der Waals surface area contributed by atoms with Gasteiger partial charge in [0.25, 0.3) is 0 Å². The highest BCUT2D eigenvalue weighted by atomic mass is 35.5. The summed E-state index contributed by atoms with van der Waals surface area (Å²) in [6, 6.07) is 3.18. The number of aromatic nitrogens is 1. The first-order valence-corrected chi connectivity index (χ1v) is 2.93. The highest BCUT2D eigenvalue weighted by molar-refractivity contribution is 6.30. The molecule has 0 aliphatic heterocycles. The summed E-state index contributed by atoms with van der Waals surface area (Å²) in [4.78, 5) is 0. The largest absolute Gasteiger partial charge is 0.619 e. The van der Waals surface area contributed by atoms with E-state index in [1.165, 1.54) is 6.20 Å². The van der Waals surface area contributed by atoms with Crippen molar-refractivity contribution in [2.24, 2.45) is 0 Å². The Hall–Kier alpha value is -0.760. The molecule has 1 aromatic heterocycles. The van der Waals surface area contributed by atoms with Crippen LogP contribution in [0.5, 0.6) is 0 Å². The molecule has 0 fully saturated rings. The van der Waals surface area contributed by atoms with E-state index in [1.807, 2.05) is 0 Å². The van der Waals surface area contributed by atoms with Gasteiger partial charge in [0.1, 0.15) is 0 Å². The fraction of sp³-hybridized carbons (Fsp3) is 0.167. The maximum atomic E-state index is 10.6. The van der Waals surface area contributed by atoms with Gasteiger partial charge in [-0.25, -0.2) is 0 Å². The zero-order chi connectivity index (χ0) is 6.85. The van der Waals surface area contributed by atoms with Crippen LogP contribution in [-0.4, -0.2) is 0 Å². The number of aryl methyl sites for hydroxylation is 1. The van der Waals surface area contributed by atoms with Crippen LogP contribution in [0, 0.1) is 12.1 Å². The van der Waals surface area contributed by atoms with Crippen molar-refractivity contribution < 1.29 is 4.73 Å². The lowest BCUT2D eigenvalue weighted by molar-refractivity contribution is -0.612. The van der Waals surface area contributed by atoms with Crippen molar-refractivity contribution in [3.05, 3.63) is 34.3 Å². The second-order valence-electron chi connectivity index (χ2n) is 1.81. The summed E-state index contributed by atoms with van der Waals surface area (Å²) in [5.74, 6) is 0. The van der Waals surface area contributed by atoms with Crippen LogP contribution in [-0.2, 0) is 0 Å².